The fourth-order valence-electron chi connectivity index (χ4n) is 2.43. The lowest BCUT2D eigenvalue weighted by Crippen LogP contribution is -2.47. The molecule has 0 aliphatic carbocycles. The smallest absolute Gasteiger partial charge is 0.319 e. The molecule has 8 nitrogen and oxygen atoms in total. The van der Waals surface area contributed by atoms with Crippen LogP contribution in [0.5, 0.6) is 0 Å². The number of carbonyl (C=O) groups is 1. The minimum atomic E-state index is -0.710. The van der Waals surface area contributed by atoms with Crippen LogP contribution in [0.3, 0.4) is 0 Å². The molecule has 0 aromatic rings. The number of aliphatic imine (C=N–C) groups is 1. The summed E-state index contributed by atoms with van der Waals surface area (Å²) in [7, 11) is 1.47. The Kier molecular flexibility index (Phi) is 8.61. The minimum absolute atomic E-state index is 0.0763. The van der Waals surface area contributed by atoms with E-state index in [2.05, 4.69) is 28.8 Å². The molecule has 0 aromatic carbocycles. The van der Waals surface area contributed by atoms with Gasteiger partial charge in [0.15, 0.2) is 11.7 Å². The van der Waals surface area contributed by atoms with Crippen molar-refractivity contribution < 1.29 is 19.4 Å². The molecule has 1 heterocycles. The van der Waals surface area contributed by atoms with E-state index in [-0.39, 0.29) is 29.1 Å². The van der Waals surface area contributed by atoms with Crippen LogP contribution >= 0.6 is 0 Å². The van der Waals surface area contributed by atoms with Crippen LogP contribution in [0.2, 0.25) is 0 Å². The van der Waals surface area contributed by atoms with E-state index in [1.54, 1.807) is 19.3 Å². The van der Waals surface area contributed by atoms with Crippen LogP contribution < -0.4 is 16.4 Å². The predicted molar refractivity (Wildman–Crippen MR) is 106 cm³/mol. The molecule has 27 heavy (non-hydrogen) atoms. The topological polar surface area (TPSA) is 118 Å². The number of aliphatic hydroxyl groups excluding tert-OH is 1. The third-order valence-electron chi connectivity index (χ3n) is 4.10. The van der Waals surface area contributed by atoms with Gasteiger partial charge in [-0.25, -0.2) is 9.79 Å². The molecule has 0 spiro atoms. The standard InChI is InChI=1S/C19H30N4O4/c1-7-10-27-12(3)9-8-11(2)21-19(25)23-16-15(20)13(4)18(26-6)22-14(5)17(16)24/h7,10-11,13,15,24H,3,5,8-9,20H2,1-2,4,6H3,(H2,21,23,25)/b10-7-. The molecular formula is C19H30N4O4. The molecule has 1 aliphatic heterocycles. The summed E-state index contributed by atoms with van der Waals surface area (Å²) in [5.41, 5.74) is 6.39. The van der Waals surface area contributed by atoms with Crippen molar-refractivity contribution in [3.05, 3.63) is 48.4 Å². The van der Waals surface area contributed by atoms with Crippen LogP contribution in [0.4, 0.5) is 4.79 Å². The number of allylic oxidation sites excluding steroid dienone is 2. The number of nitrogens with zero attached hydrogens (tertiary/aromatic N) is 1. The Morgan fingerprint density at radius 1 is 1.52 bits per heavy atom. The Balaban J connectivity index is 2.68. The van der Waals surface area contributed by atoms with Gasteiger partial charge in [-0.1, -0.05) is 26.2 Å². The summed E-state index contributed by atoms with van der Waals surface area (Å²) < 4.78 is 10.5. The molecule has 0 saturated carbocycles. The largest absolute Gasteiger partial charge is 0.504 e. The van der Waals surface area contributed by atoms with Crippen molar-refractivity contribution in [1.82, 2.24) is 10.6 Å². The van der Waals surface area contributed by atoms with Crippen molar-refractivity contribution >= 4 is 11.9 Å². The van der Waals surface area contributed by atoms with Crippen molar-refractivity contribution in [2.24, 2.45) is 16.6 Å². The lowest BCUT2D eigenvalue weighted by atomic mass is 9.99. The van der Waals surface area contributed by atoms with E-state index in [4.69, 9.17) is 15.2 Å². The second-order valence-corrected chi connectivity index (χ2v) is 6.34. The van der Waals surface area contributed by atoms with Gasteiger partial charge in [0, 0.05) is 12.5 Å². The Morgan fingerprint density at radius 2 is 2.19 bits per heavy atom. The van der Waals surface area contributed by atoms with Crippen molar-refractivity contribution in [3.8, 4) is 0 Å². The molecule has 1 rings (SSSR count). The summed E-state index contributed by atoms with van der Waals surface area (Å²) in [6.07, 6.45) is 4.56. The van der Waals surface area contributed by atoms with Gasteiger partial charge in [0.2, 0.25) is 0 Å². The van der Waals surface area contributed by atoms with E-state index in [1.807, 2.05) is 13.8 Å². The number of carbonyl (C=O) groups excluding carboxylic acids is 1. The highest BCUT2D eigenvalue weighted by atomic mass is 16.5. The van der Waals surface area contributed by atoms with Crippen molar-refractivity contribution in [1.29, 1.82) is 0 Å². The monoisotopic (exact) mass is 378 g/mol. The first-order valence-electron chi connectivity index (χ1n) is 8.74. The SMILES string of the molecule is C=C(CCC(C)NC(=O)NC1=C(O)C(=C)N=C(OC)C(C)C1N)O/C=C\C. The van der Waals surface area contributed by atoms with Crippen LogP contribution in [-0.4, -0.2) is 36.2 Å². The van der Waals surface area contributed by atoms with Gasteiger partial charge < -0.3 is 30.9 Å². The van der Waals surface area contributed by atoms with Crippen LogP contribution in [0.15, 0.2) is 53.4 Å². The molecule has 2 amide bonds. The third-order valence-corrected chi connectivity index (χ3v) is 4.10. The number of nitrogens with one attached hydrogen (secondary N) is 2. The number of methoxy groups -OCH3 is 1. The van der Waals surface area contributed by atoms with Crippen LogP contribution in [-0.2, 0) is 9.47 Å². The van der Waals surface area contributed by atoms with E-state index < -0.39 is 12.1 Å². The minimum Gasteiger partial charge on any atom is -0.504 e. The molecule has 8 heteroatoms. The van der Waals surface area contributed by atoms with Gasteiger partial charge >= 0.3 is 6.03 Å². The summed E-state index contributed by atoms with van der Waals surface area (Å²) in [5.74, 6) is 0.334. The summed E-state index contributed by atoms with van der Waals surface area (Å²) >= 11 is 0. The maximum atomic E-state index is 12.3. The van der Waals surface area contributed by atoms with Crippen LogP contribution in [0.25, 0.3) is 0 Å². The van der Waals surface area contributed by atoms with Crippen molar-refractivity contribution in [2.45, 2.75) is 45.7 Å². The summed E-state index contributed by atoms with van der Waals surface area (Å²) in [6.45, 7) is 13.0. The number of urea groups is 1. The Labute approximate surface area is 160 Å². The van der Waals surface area contributed by atoms with Gasteiger partial charge in [0.25, 0.3) is 0 Å². The quantitative estimate of drug-likeness (QED) is 0.508. The lowest BCUT2D eigenvalue weighted by Gasteiger charge is -2.23. The van der Waals surface area contributed by atoms with Gasteiger partial charge in [0.05, 0.1) is 36.8 Å². The third kappa shape index (κ3) is 6.49. The van der Waals surface area contributed by atoms with Crippen LogP contribution in [0.1, 0.15) is 33.6 Å². The van der Waals surface area contributed by atoms with E-state index in [0.29, 0.717) is 24.5 Å². The van der Waals surface area contributed by atoms with Crippen LogP contribution in [0, 0.1) is 5.92 Å². The molecule has 0 saturated heterocycles. The number of ether oxygens (including phenoxy) is 2. The second-order valence-electron chi connectivity index (χ2n) is 6.34. The Hall–Kier alpha value is -2.74. The molecule has 3 unspecified atom stereocenters. The average Bonchev–Trinajstić information content (AvgIpc) is 2.71. The molecule has 1 aliphatic rings. The maximum Gasteiger partial charge on any atom is 0.319 e. The molecule has 0 radical (unpaired) electrons. The average molecular weight is 378 g/mol. The zero-order chi connectivity index (χ0) is 20.6. The number of aliphatic hydroxyl groups is 1. The van der Waals surface area contributed by atoms with Gasteiger partial charge in [0.1, 0.15) is 5.70 Å². The Morgan fingerprint density at radius 3 is 2.78 bits per heavy atom. The Bertz CT molecular complexity index is 667. The molecule has 0 aromatic heterocycles. The zero-order valence-electron chi connectivity index (χ0n) is 16.4. The second kappa shape index (κ2) is 10.4. The number of amides is 2. The highest BCUT2D eigenvalue weighted by Crippen LogP contribution is 2.23. The number of nitrogens with two attached hydrogens (primary N) is 1. The van der Waals surface area contributed by atoms with Crippen molar-refractivity contribution in [3.63, 3.8) is 0 Å². The fourth-order valence-corrected chi connectivity index (χ4v) is 2.43. The van der Waals surface area contributed by atoms with E-state index in [1.165, 1.54) is 7.11 Å². The van der Waals surface area contributed by atoms with Gasteiger partial charge in [-0.15, -0.1) is 0 Å². The summed E-state index contributed by atoms with van der Waals surface area (Å²) in [4.78, 5) is 16.4. The zero-order valence-corrected chi connectivity index (χ0v) is 16.4. The maximum absolute atomic E-state index is 12.3. The van der Waals surface area contributed by atoms with Crippen molar-refractivity contribution in [2.75, 3.05) is 7.11 Å². The molecular weight excluding hydrogens is 348 g/mol. The van der Waals surface area contributed by atoms with Gasteiger partial charge in [-0.05, 0) is 20.3 Å². The van der Waals surface area contributed by atoms with E-state index in [9.17, 15) is 9.90 Å². The predicted octanol–water partition coefficient (Wildman–Crippen LogP) is 2.82. The fraction of sp³-hybridized carbons (Fsp3) is 0.474. The number of hydrogen-bond acceptors (Lipinski definition) is 6. The highest BCUT2D eigenvalue weighted by Gasteiger charge is 2.31. The van der Waals surface area contributed by atoms with Gasteiger partial charge in [-0.3, -0.25) is 0 Å². The van der Waals surface area contributed by atoms with E-state index in [0.717, 1.165) is 0 Å². The molecule has 0 fully saturated rings. The summed E-state index contributed by atoms with van der Waals surface area (Å²) in [5, 5.41) is 15.7. The number of hydrogen-bond donors (Lipinski definition) is 4. The lowest BCUT2D eigenvalue weighted by molar-refractivity contribution is 0.237. The molecule has 5 N–H and O–H groups in total. The first kappa shape index (κ1) is 22.3. The number of rotatable bonds is 7. The summed E-state index contributed by atoms with van der Waals surface area (Å²) in [6, 6.07) is -1.34. The van der Waals surface area contributed by atoms with E-state index >= 15 is 0 Å². The van der Waals surface area contributed by atoms with Gasteiger partial charge in [-0.2, -0.15) is 0 Å². The molecule has 150 valence electrons. The first-order chi connectivity index (χ1) is 12.7. The first-order valence-corrected chi connectivity index (χ1v) is 8.74. The molecule has 0 bridgehead atoms. The normalized spacial score (nSPS) is 21.4. The highest BCUT2D eigenvalue weighted by molar-refractivity contribution is 5.83. The molecule has 3 atom stereocenters.